The minimum Gasteiger partial charge on any atom is -0.507 e. The molecule has 0 bridgehead atoms. The Morgan fingerprint density at radius 3 is 1.52 bits per heavy atom. The lowest BCUT2D eigenvalue weighted by Crippen LogP contribution is -2.19. The molecular weight excluding hydrogens is 797 g/mol. The maximum atomic E-state index is 12.7. The average molecular weight is 828 g/mol. The average Bonchev–Trinajstić information content (AvgIpc) is 3.79. The van der Waals surface area contributed by atoms with E-state index in [0.717, 1.165) is 9.36 Å². The molecule has 0 amide bonds. The van der Waals surface area contributed by atoms with Crippen LogP contribution in [0.3, 0.4) is 0 Å². The standard InChI is InChI=1S/C18H14F3N3O3.C11H9ClF3N3.C7H6O3.ClH/c19-18(20,21)11-24-14(6-8-23-24)17-12(3-2-7-22-17)10-27-16-5-1-4-15(26)13(16)9-25;12-6-8-2-1-4-16-10(8)9-3-5-17-18(9)7-11(13,14)15;8-4-5-6(9)2-1-3-7(5)10;/h1-9,26H,10-11H2;1-5H,6-7H2;1-4,9-10H;1H. The number of hydrogen-bond donors (Lipinski definition) is 3. The van der Waals surface area contributed by atoms with Crippen molar-refractivity contribution in [1.29, 1.82) is 0 Å². The molecule has 20 heteroatoms. The van der Waals surface area contributed by atoms with Gasteiger partial charge in [0.15, 0.2) is 12.6 Å². The van der Waals surface area contributed by atoms with Crippen LogP contribution in [0, 0.1) is 0 Å². The number of pyridine rings is 2. The predicted octanol–water partition coefficient (Wildman–Crippen LogP) is 8.18. The second-order valence-electron chi connectivity index (χ2n) is 11.1. The zero-order valence-electron chi connectivity index (χ0n) is 28.5. The Morgan fingerprint density at radius 2 is 1.07 bits per heavy atom. The highest BCUT2D eigenvalue weighted by Crippen LogP contribution is 2.30. The van der Waals surface area contributed by atoms with Crippen molar-refractivity contribution in [2.45, 2.75) is 37.9 Å². The van der Waals surface area contributed by atoms with Crippen LogP contribution in [0.1, 0.15) is 31.8 Å². The highest BCUT2D eigenvalue weighted by molar-refractivity contribution is 6.17. The maximum Gasteiger partial charge on any atom is 0.408 e. The van der Waals surface area contributed by atoms with Crippen molar-refractivity contribution in [2.75, 3.05) is 0 Å². The molecule has 0 atom stereocenters. The van der Waals surface area contributed by atoms with E-state index in [-0.39, 0.29) is 70.4 Å². The monoisotopic (exact) mass is 826 g/mol. The fourth-order valence-electron chi connectivity index (χ4n) is 4.82. The first-order valence-corrected chi connectivity index (χ1v) is 16.2. The van der Waals surface area contributed by atoms with Crippen LogP contribution in [-0.2, 0) is 25.6 Å². The van der Waals surface area contributed by atoms with Crippen LogP contribution in [0.25, 0.3) is 22.8 Å². The number of phenols is 3. The van der Waals surface area contributed by atoms with Crippen LogP contribution < -0.4 is 4.74 Å². The topological polar surface area (TPSA) is 165 Å². The van der Waals surface area contributed by atoms with Crippen LogP contribution in [-0.4, -0.2) is 69.8 Å². The van der Waals surface area contributed by atoms with Gasteiger partial charge in [-0.05, 0) is 54.1 Å². The van der Waals surface area contributed by atoms with Crippen LogP contribution >= 0.6 is 24.0 Å². The second-order valence-corrected chi connectivity index (χ2v) is 11.3. The summed E-state index contributed by atoms with van der Waals surface area (Å²) in [6, 6.07) is 18.1. The smallest absolute Gasteiger partial charge is 0.408 e. The molecule has 6 rings (SSSR count). The molecule has 0 unspecified atom stereocenters. The molecule has 2 aromatic carbocycles. The summed E-state index contributed by atoms with van der Waals surface area (Å²) in [7, 11) is 0. The Bertz CT molecular complexity index is 2190. The number of aromatic hydroxyl groups is 3. The number of aldehydes is 2. The third-order valence-corrected chi connectivity index (χ3v) is 7.51. The van der Waals surface area contributed by atoms with Gasteiger partial charge in [0.2, 0.25) is 0 Å². The fraction of sp³-hybridized carbons (Fsp3) is 0.167. The number of carbonyl (C=O) groups excluding carboxylic acids is 2. The molecule has 3 N–H and O–H groups in total. The highest BCUT2D eigenvalue weighted by Gasteiger charge is 2.31. The lowest BCUT2D eigenvalue weighted by atomic mass is 10.1. The number of carbonyl (C=O) groups is 2. The number of hydrogen-bond acceptors (Lipinski definition) is 10. The first-order valence-electron chi connectivity index (χ1n) is 15.6. The van der Waals surface area contributed by atoms with E-state index in [1.807, 2.05) is 0 Å². The minimum atomic E-state index is -4.42. The van der Waals surface area contributed by atoms with E-state index in [0.29, 0.717) is 35.1 Å². The van der Waals surface area contributed by atoms with Crippen molar-refractivity contribution < 1.29 is 56.0 Å². The molecule has 0 radical (unpaired) electrons. The van der Waals surface area contributed by atoms with Gasteiger partial charge >= 0.3 is 12.4 Å². The van der Waals surface area contributed by atoms with Crippen LogP contribution in [0.2, 0.25) is 0 Å². The number of nitrogens with zero attached hydrogens (tertiary/aromatic N) is 6. The lowest BCUT2D eigenvalue weighted by molar-refractivity contribution is -0.143. The van der Waals surface area contributed by atoms with Gasteiger partial charge in [-0.2, -0.15) is 36.5 Å². The number of phenolic OH excluding ortho intramolecular Hbond substituents is 3. The molecule has 4 heterocycles. The van der Waals surface area contributed by atoms with Crippen LogP contribution in [0.15, 0.2) is 97.6 Å². The first-order chi connectivity index (χ1) is 26.2. The molecular formula is C36H30Cl2F6N6O6. The third-order valence-electron chi connectivity index (χ3n) is 7.23. The molecule has 0 aliphatic heterocycles. The fourth-order valence-corrected chi connectivity index (χ4v) is 5.03. The molecule has 0 aliphatic carbocycles. The Balaban J connectivity index is 0.000000249. The van der Waals surface area contributed by atoms with Crippen molar-refractivity contribution in [3.63, 3.8) is 0 Å². The van der Waals surface area contributed by atoms with Gasteiger partial charge < -0.3 is 20.1 Å². The molecule has 0 saturated carbocycles. The number of halogens is 8. The van der Waals surface area contributed by atoms with Gasteiger partial charge in [0, 0.05) is 36.2 Å². The van der Waals surface area contributed by atoms with Gasteiger partial charge in [0.05, 0.1) is 33.9 Å². The summed E-state index contributed by atoms with van der Waals surface area (Å²) >= 11 is 5.74. The first kappa shape index (κ1) is 44.3. The molecule has 0 aliphatic rings. The molecule has 0 saturated heterocycles. The molecule has 4 aromatic heterocycles. The number of ether oxygens (including phenoxy) is 1. The van der Waals surface area contributed by atoms with Gasteiger partial charge in [-0.1, -0.05) is 24.3 Å². The zero-order chi connectivity index (χ0) is 40.2. The van der Waals surface area contributed by atoms with E-state index in [4.69, 9.17) is 26.6 Å². The largest absolute Gasteiger partial charge is 0.507 e. The quantitative estimate of drug-likeness (QED) is 0.0697. The summed E-state index contributed by atoms with van der Waals surface area (Å²) in [5, 5.41) is 34.9. The van der Waals surface area contributed by atoms with E-state index in [1.54, 1.807) is 24.3 Å². The lowest BCUT2D eigenvalue weighted by Gasteiger charge is -2.14. The van der Waals surface area contributed by atoms with Crippen molar-refractivity contribution in [3.8, 4) is 45.8 Å². The van der Waals surface area contributed by atoms with Crippen LogP contribution in [0.5, 0.6) is 23.0 Å². The predicted molar refractivity (Wildman–Crippen MR) is 193 cm³/mol. The minimum absolute atomic E-state index is 0. The number of benzene rings is 2. The summed E-state index contributed by atoms with van der Waals surface area (Å²) in [5.41, 5.74) is 2.31. The van der Waals surface area contributed by atoms with Gasteiger partial charge in [0.25, 0.3) is 0 Å². The molecule has 0 fully saturated rings. The molecule has 0 spiro atoms. The highest BCUT2D eigenvalue weighted by atomic mass is 35.5. The number of aromatic nitrogens is 6. The van der Waals surface area contributed by atoms with Gasteiger partial charge in [0.1, 0.15) is 42.7 Å². The van der Waals surface area contributed by atoms with Crippen molar-refractivity contribution in [2.24, 2.45) is 0 Å². The summed E-state index contributed by atoms with van der Waals surface area (Å²) in [4.78, 5) is 29.5. The SMILES string of the molecule is Cl.FC(F)(F)Cn1nccc1-c1ncccc1CCl.O=Cc1c(O)cccc1O.O=Cc1c(O)cccc1OCc1cccnc1-c1ccnn1CC(F)(F)F. The van der Waals surface area contributed by atoms with E-state index in [1.165, 1.54) is 73.3 Å². The molecule has 12 nitrogen and oxygen atoms in total. The van der Waals surface area contributed by atoms with Gasteiger partial charge in [-0.3, -0.25) is 28.9 Å². The summed E-state index contributed by atoms with van der Waals surface area (Å²) in [5.74, 6) is -0.286. The Labute approximate surface area is 325 Å². The van der Waals surface area contributed by atoms with Gasteiger partial charge in [-0.15, -0.1) is 24.0 Å². The maximum absolute atomic E-state index is 12.7. The summed E-state index contributed by atoms with van der Waals surface area (Å²) in [6.45, 7) is -2.45. The number of rotatable bonds is 10. The summed E-state index contributed by atoms with van der Waals surface area (Å²) < 4.78 is 82.7. The van der Waals surface area contributed by atoms with E-state index in [2.05, 4.69) is 20.2 Å². The Morgan fingerprint density at radius 1 is 0.625 bits per heavy atom. The zero-order valence-corrected chi connectivity index (χ0v) is 30.1. The Hall–Kier alpha value is -6.14. The van der Waals surface area contributed by atoms with Crippen molar-refractivity contribution >= 4 is 36.6 Å². The molecule has 6 aromatic rings. The van der Waals surface area contributed by atoms with E-state index < -0.39 is 25.4 Å². The summed E-state index contributed by atoms with van der Waals surface area (Å²) in [6.07, 6.45) is -2.33. The number of alkyl halides is 7. The van der Waals surface area contributed by atoms with E-state index >= 15 is 0 Å². The van der Waals surface area contributed by atoms with Crippen LogP contribution in [0.4, 0.5) is 26.3 Å². The normalized spacial score (nSPS) is 10.9. The second kappa shape index (κ2) is 20.0. The Kier molecular flexibility index (Phi) is 15.8. The molecule has 296 valence electrons. The molecule has 56 heavy (non-hydrogen) atoms. The van der Waals surface area contributed by atoms with E-state index in [9.17, 15) is 41.0 Å². The van der Waals surface area contributed by atoms with Crippen molar-refractivity contribution in [1.82, 2.24) is 29.5 Å². The third kappa shape index (κ3) is 12.2. The van der Waals surface area contributed by atoms with Crippen molar-refractivity contribution in [3.05, 3.63) is 120 Å². The van der Waals surface area contributed by atoms with Gasteiger partial charge in [-0.25, -0.2) is 0 Å².